The van der Waals surface area contributed by atoms with Crippen molar-refractivity contribution in [2.24, 2.45) is 0 Å². The number of carboxylic acid groups (broad SMARTS) is 1. The van der Waals surface area contributed by atoms with Crippen molar-refractivity contribution in [2.45, 2.75) is 51.5 Å². The summed E-state index contributed by atoms with van der Waals surface area (Å²) in [7, 11) is -3.65. The van der Waals surface area contributed by atoms with Gasteiger partial charge >= 0.3 is 5.97 Å². The average Bonchev–Trinajstić information content (AvgIpc) is 2.40. The fourth-order valence-corrected chi connectivity index (χ4v) is 3.50. The lowest BCUT2D eigenvalue weighted by molar-refractivity contribution is -0.136. The third-order valence-electron chi connectivity index (χ3n) is 2.75. The molecule has 1 unspecified atom stereocenters. The molecular formula is C15H24BO4S. The zero-order valence-electron chi connectivity index (χ0n) is 13.2. The number of aryl methyl sites for hydroxylation is 1. The molecule has 0 saturated carbocycles. The second-order valence-corrected chi connectivity index (χ2v) is 6.59. The van der Waals surface area contributed by atoms with E-state index in [0.717, 1.165) is 5.56 Å². The topological polar surface area (TPSA) is 71.4 Å². The first kappa shape index (κ1) is 22.0. The minimum Gasteiger partial charge on any atom is -0.480 e. The number of carboxylic acids is 1. The number of hydrogen-bond donors (Lipinski definition) is 1. The Balaban J connectivity index is 0. The molecule has 0 amide bonds. The summed E-state index contributed by atoms with van der Waals surface area (Å²) in [4.78, 5) is 11.0. The van der Waals surface area contributed by atoms with Gasteiger partial charge in [0.1, 0.15) is 0 Å². The van der Waals surface area contributed by atoms with Crippen molar-refractivity contribution in [1.82, 2.24) is 0 Å². The molecule has 0 aromatic heterocycles. The fourth-order valence-electron chi connectivity index (χ4n) is 1.74. The summed E-state index contributed by atoms with van der Waals surface area (Å²) in [6.45, 7) is 7.69. The van der Waals surface area contributed by atoms with Crippen molar-refractivity contribution in [3.8, 4) is 0 Å². The maximum atomic E-state index is 12.0. The number of aliphatic carboxylic acids is 1. The maximum absolute atomic E-state index is 12.0. The molecule has 1 aromatic rings. The normalized spacial score (nSPS) is 11.6. The highest BCUT2D eigenvalue weighted by atomic mass is 32.2. The highest BCUT2D eigenvalue weighted by Gasteiger charge is 2.31. The Morgan fingerprint density at radius 3 is 2.05 bits per heavy atom. The van der Waals surface area contributed by atoms with Crippen LogP contribution in [0.25, 0.3) is 0 Å². The lowest BCUT2D eigenvalue weighted by atomic mass is 10.2. The molecule has 6 heteroatoms. The third-order valence-corrected chi connectivity index (χ3v) is 4.79. The van der Waals surface area contributed by atoms with Crippen LogP contribution in [0.15, 0.2) is 24.3 Å². The molecule has 0 aliphatic heterocycles. The lowest BCUT2D eigenvalue weighted by Crippen LogP contribution is -2.31. The fraction of sp³-hybridized carbons (Fsp3) is 0.533. The van der Waals surface area contributed by atoms with Crippen LogP contribution in [0.5, 0.6) is 0 Å². The van der Waals surface area contributed by atoms with Crippen molar-refractivity contribution >= 4 is 24.2 Å². The SMILES string of the molecule is CC.CCCC(C(=O)O)S(=O)(=O)Cc1ccc(C)cc1.[B]. The molecule has 1 atom stereocenters. The molecule has 117 valence electrons. The van der Waals surface area contributed by atoms with Gasteiger partial charge in [0.15, 0.2) is 15.1 Å². The zero-order chi connectivity index (χ0) is 15.8. The highest BCUT2D eigenvalue weighted by Crippen LogP contribution is 2.16. The molecule has 0 fully saturated rings. The highest BCUT2D eigenvalue weighted by molar-refractivity contribution is 7.92. The van der Waals surface area contributed by atoms with Gasteiger partial charge in [-0.25, -0.2) is 8.42 Å². The van der Waals surface area contributed by atoms with E-state index in [9.17, 15) is 13.2 Å². The number of carbonyl (C=O) groups is 1. The zero-order valence-corrected chi connectivity index (χ0v) is 14.0. The average molecular weight is 311 g/mol. The van der Waals surface area contributed by atoms with Gasteiger partial charge in [0.25, 0.3) is 0 Å². The molecule has 0 spiro atoms. The van der Waals surface area contributed by atoms with Crippen LogP contribution in [0, 0.1) is 6.92 Å². The van der Waals surface area contributed by atoms with Gasteiger partial charge in [-0.3, -0.25) is 4.79 Å². The van der Waals surface area contributed by atoms with E-state index in [-0.39, 0.29) is 20.6 Å². The molecule has 1 N–H and O–H groups in total. The van der Waals surface area contributed by atoms with E-state index in [1.54, 1.807) is 19.1 Å². The first-order valence-electron chi connectivity index (χ1n) is 6.86. The molecule has 21 heavy (non-hydrogen) atoms. The van der Waals surface area contributed by atoms with Crippen LogP contribution in [0.4, 0.5) is 0 Å². The maximum Gasteiger partial charge on any atom is 0.321 e. The first-order chi connectivity index (χ1) is 9.36. The van der Waals surface area contributed by atoms with Crippen LogP contribution < -0.4 is 0 Å². The van der Waals surface area contributed by atoms with Crippen molar-refractivity contribution in [3.63, 3.8) is 0 Å². The van der Waals surface area contributed by atoms with Crippen LogP contribution in [0.1, 0.15) is 44.7 Å². The van der Waals surface area contributed by atoms with Gasteiger partial charge in [-0.05, 0) is 18.9 Å². The Hall–Kier alpha value is -1.30. The van der Waals surface area contributed by atoms with E-state index in [4.69, 9.17) is 5.11 Å². The summed E-state index contributed by atoms with van der Waals surface area (Å²) >= 11 is 0. The van der Waals surface area contributed by atoms with Gasteiger partial charge in [0, 0.05) is 8.41 Å². The minimum absolute atomic E-state index is 0. The van der Waals surface area contributed by atoms with E-state index in [1.165, 1.54) is 0 Å². The number of rotatable bonds is 6. The van der Waals surface area contributed by atoms with E-state index in [1.807, 2.05) is 32.9 Å². The Bertz CT molecular complexity index is 509. The van der Waals surface area contributed by atoms with E-state index >= 15 is 0 Å². The monoisotopic (exact) mass is 311 g/mol. The smallest absolute Gasteiger partial charge is 0.321 e. The third kappa shape index (κ3) is 7.32. The summed E-state index contributed by atoms with van der Waals surface area (Å²) < 4.78 is 24.1. The molecule has 3 radical (unpaired) electrons. The molecule has 0 aliphatic rings. The van der Waals surface area contributed by atoms with Crippen LogP contribution in [-0.2, 0) is 20.4 Å². The van der Waals surface area contributed by atoms with Crippen molar-refractivity contribution in [3.05, 3.63) is 35.4 Å². The second kappa shape index (κ2) is 10.4. The summed E-state index contributed by atoms with van der Waals surface area (Å²) in [5.74, 6) is -1.48. The van der Waals surface area contributed by atoms with Gasteiger partial charge in [-0.2, -0.15) is 0 Å². The molecule has 0 bridgehead atoms. The van der Waals surface area contributed by atoms with Gasteiger partial charge in [0.2, 0.25) is 0 Å². The predicted octanol–water partition coefficient (Wildman–Crippen LogP) is 2.81. The summed E-state index contributed by atoms with van der Waals surface area (Å²) in [6.07, 6.45) is 0.688. The summed E-state index contributed by atoms with van der Waals surface area (Å²) in [5.41, 5.74) is 1.67. The quantitative estimate of drug-likeness (QED) is 0.820. The summed E-state index contributed by atoms with van der Waals surface area (Å²) in [6, 6.07) is 7.08. The second-order valence-electron chi connectivity index (χ2n) is 4.41. The molecule has 0 heterocycles. The van der Waals surface area contributed by atoms with Crippen LogP contribution in [0.2, 0.25) is 0 Å². The van der Waals surface area contributed by atoms with Gasteiger partial charge in [0.05, 0.1) is 5.75 Å². The van der Waals surface area contributed by atoms with E-state index in [2.05, 4.69) is 0 Å². The van der Waals surface area contributed by atoms with Crippen LogP contribution >= 0.6 is 0 Å². The van der Waals surface area contributed by atoms with Crippen molar-refractivity contribution in [1.29, 1.82) is 0 Å². The van der Waals surface area contributed by atoms with Gasteiger partial charge in [-0.15, -0.1) is 0 Å². The Morgan fingerprint density at radius 2 is 1.67 bits per heavy atom. The van der Waals surface area contributed by atoms with Crippen LogP contribution in [0.3, 0.4) is 0 Å². The molecule has 0 aliphatic carbocycles. The summed E-state index contributed by atoms with van der Waals surface area (Å²) in [5, 5.41) is 7.68. The minimum atomic E-state index is -3.65. The Kier molecular flexibility index (Phi) is 10.9. The molecular weight excluding hydrogens is 287 g/mol. The Morgan fingerprint density at radius 1 is 1.19 bits per heavy atom. The number of sulfone groups is 1. The number of benzene rings is 1. The standard InChI is InChI=1S/C13H18O4S.C2H6.B/c1-3-4-12(13(14)15)18(16,17)9-11-7-5-10(2)6-8-11;1-2;/h5-8,12H,3-4,9H2,1-2H3,(H,14,15);1-2H3;. The van der Waals surface area contributed by atoms with Gasteiger partial charge in [-0.1, -0.05) is 57.0 Å². The molecule has 1 rings (SSSR count). The van der Waals surface area contributed by atoms with Gasteiger partial charge < -0.3 is 5.11 Å². The molecule has 4 nitrogen and oxygen atoms in total. The molecule has 1 aromatic carbocycles. The van der Waals surface area contributed by atoms with Crippen molar-refractivity contribution < 1.29 is 18.3 Å². The van der Waals surface area contributed by atoms with E-state index in [0.29, 0.717) is 12.0 Å². The van der Waals surface area contributed by atoms with Crippen molar-refractivity contribution in [2.75, 3.05) is 0 Å². The Labute approximate surface area is 130 Å². The lowest BCUT2D eigenvalue weighted by Gasteiger charge is -2.12. The van der Waals surface area contributed by atoms with Crippen LogP contribution in [-0.4, -0.2) is 33.2 Å². The van der Waals surface area contributed by atoms with E-state index < -0.39 is 21.1 Å². The number of hydrogen-bond acceptors (Lipinski definition) is 3. The predicted molar refractivity (Wildman–Crippen MR) is 87.2 cm³/mol. The first-order valence-corrected chi connectivity index (χ1v) is 8.58. The molecule has 0 saturated heterocycles. The largest absolute Gasteiger partial charge is 0.480 e.